The fourth-order valence-corrected chi connectivity index (χ4v) is 1.78. The summed E-state index contributed by atoms with van der Waals surface area (Å²) in [4.78, 5) is 3.50. The Labute approximate surface area is 88.7 Å². The summed E-state index contributed by atoms with van der Waals surface area (Å²) in [5, 5.41) is 3.16. The SMILES string of the molecule is CC1(CNc2ccnc(F)c2)CCCO1. The maximum atomic E-state index is 12.8. The van der Waals surface area contributed by atoms with Crippen molar-refractivity contribution in [2.45, 2.75) is 25.4 Å². The fraction of sp³-hybridized carbons (Fsp3) is 0.545. The number of hydrogen-bond donors (Lipinski definition) is 1. The van der Waals surface area contributed by atoms with E-state index in [1.54, 1.807) is 6.07 Å². The molecule has 1 aliphatic heterocycles. The summed E-state index contributed by atoms with van der Waals surface area (Å²) in [7, 11) is 0. The van der Waals surface area contributed by atoms with Gasteiger partial charge in [-0.15, -0.1) is 0 Å². The number of halogens is 1. The van der Waals surface area contributed by atoms with Crippen LogP contribution in [0.2, 0.25) is 0 Å². The lowest BCUT2D eigenvalue weighted by molar-refractivity contribution is 0.0315. The minimum Gasteiger partial charge on any atom is -0.382 e. The Hall–Kier alpha value is -1.16. The third-order valence-electron chi connectivity index (χ3n) is 2.69. The number of hydrogen-bond acceptors (Lipinski definition) is 3. The van der Waals surface area contributed by atoms with E-state index < -0.39 is 5.95 Å². The third-order valence-corrected chi connectivity index (χ3v) is 2.69. The molecule has 2 rings (SSSR count). The Morgan fingerprint density at radius 1 is 1.67 bits per heavy atom. The molecule has 1 aromatic heterocycles. The van der Waals surface area contributed by atoms with E-state index in [-0.39, 0.29) is 5.60 Å². The first-order chi connectivity index (χ1) is 7.18. The molecule has 2 heterocycles. The number of aromatic nitrogens is 1. The molecule has 1 aromatic rings. The van der Waals surface area contributed by atoms with Crippen molar-refractivity contribution in [1.29, 1.82) is 0 Å². The lowest BCUT2D eigenvalue weighted by atomic mass is 10.0. The van der Waals surface area contributed by atoms with Crippen LogP contribution in [0.3, 0.4) is 0 Å². The monoisotopic (exact) mass is 210 g/mol. The van der Waals surface area contributed by atoms with Crippen LogP contribution in [0.1, 0.15) is 19.8 Å². The zero-order valence-electron chi connectivity index (χ0n) is 8.79. The van der Waals surface area contributed by atoms with E-state index in [1.807, 2.05) is 0 Å². The largest absolute Gasteiger partial charge is 0.382 e. The number of nitrogens with one attached hydrogen (secondary N) is 1. The maximum absolute atomic E-state index is 12.8. The molecule has 0 radical (unpaired) electrons. The van der Waals surface area contributed by atoms with Crippen molar-refractivity contribution in [3.05, 3.63) is 24.3 Å². The van der Waals surface area contributed by atoms with Crippen LogP contribution in [-0.4, -0.2) is 23.7 Å². The van der Waals surface area contributed by atoms with E-state index in [9.17, 15) is 4.39 Å². The van der Waals surface area contributed by atoms with Crippen LogP contribution in [-0.2, 0) is 4.74 Å². The second-order valence-corrected chi connectivity index (χ2v) is 4.12. The van der Waals surface area contributed by atoms with Crippen LogP contribution >= 0.6 is 0 Å². The first kappa shape index (κ1) is 10.4. The highest BCUT2D eigenvalue weighted by Crippen LogP contribution is 2.25. The van der Waals surface area contributed by atoms with Crippen LogP contribution in [0, 0.1) is 5.95 Å². The zero-order valence-corrected chi connectivity index (χ0v) is 8.79. The topological polar surface area (TPSA) is 34.2 Å². The molecule has 82 valence electrons. The second kappa shape index (κ2) is 4.14. The van der Waals surface area contributed by atoms with Gasteiger partial charge in [-0.2, -0.15) is 4.39 Å². The van der Waals surface area contributed by atoms with Crippen molar-refractivity contribution in [1.82, 2.24) is 4.98 Å². The Kier molecular flexibility index (Phi) is 2.86. The summed E-state index contributed by atoms with van der Waals surface area (Å²) in [5.41, 5.74) is 0.638. The predicted octanol–water partition coefficient (Wildman–Crippen LogP) is 2.20. The average Bonchev–Trinajstić information content (AvgIpc) is 2.63. The fourth-order valence-electron chi connectivity index (χ4n) is 1.78. The van der Waals surface area contributed by atoms with Crippen LogP contribution in [0.4, 0.5) is 10.1 Å². The molecule has 0 aromatic carbocycles. The molecule has 4 heteroatoms. The molecule has 0 amide bonds. The molecule has 1 saturated heterocycles. The van der Waals surface area contributed by atoms with E-state index in [2.05, 4.69) is 17.2 Å². The highest BCUT2D eigenvalue weighted by molar-refractivity contribution is 5.41. The Balaban J connectivity index is 1.92. The molecule has 0 bridgehead atoms. The van der Waals surface area contributed by atoms with Gasteiger partial charge in [-0.1, -0.05) is 0 Å². The number of ether oxygens (including phenoxy) is 1. The molecular weight excluding hydrogens is 195 g/mol. The molecule has 1 fully saturated rings. The molecule has 15 heavy (non-hydrogen) atoms. The van der Waals surface area contributed by atoms with Gasteiger partial charge in [-0.05, 0) is 25.8 Å². The highest BCUT2D eigenvalue weighted by atomic mass is 19.1. The Morgan fingerprint density at radius 3 is 3.20 bits per heavy atom. The molecule has 0 saturated carbocycles. The van der Waals surface area contributed by atoms with E-state index in [1.165, 1.54) is 12.3 Å². The Bertz CT molecular complexity index is 337. The minimum absolute atomic E-state index is 0.111. The quantitative estimate of drug-likeness (QED) is 0.776. The van der Waals surface area contributed by atoms with Gasteiger partial charge in [0.05, 0.1) is 5.60 Å². The van der Waals surface area contributed by atoms with Gasteiger partial charge in [0.1, 0.15) is 0 Å². The van der Waals surface area contributed by atoms with Crippen molar-refractivity contribution in [3.63, 3.8) is 0 Å². The summed E-state index contributed by atoms with van der Waals surface area (Å²) in [5.74, 6) is -0.461. The number of pyridine rings is 1. The van der Waals surface area contributed by atoms with Crippen molar-refractivity contribution in [2.24, 2.45) is 0 Å². The minimum atomic E-state index is -0.461. The maximum Gasteiger partial charge on any atom is 0.214 e. The molecule has 3 nitrogen and oxygen atoms in total. The highest BCUT2D eigenvalue weighted by Gasteiger charge is 2.29. The second-order valence-electron chi connectivity index (χ2n) is 4.12. The van der Waals surface area contributed by atoms with Gasteiger partial charge < -0.3 is 10.1 Å². The summed E-state index contributed by atoms with van der Waals surface area (Å²) >= 11 is 0. The zero-order chi connectivity index (χ0) is 10.7. The first-order valence-corrected chi connectivity index (χ1v) is 5.17. The summed E-state index contributed by atoms with van der Waals surface area (Å²) in [6, 6.07) is 3.14. The van der Waals surface area contributed by atoms with Gasteiger partial charge in [0.15, 0.2) is 0 Å². The van der Waals surface area contributed by atoms with E-state index >= 15 is 0 Å². The van der Waals surface area contributed by atoms with Crippen molar-refractivity contribution >= 4 is 5.69 Å². The lowest BCUT2D eigenvalue weighted by Gasteiger charge is -2.23. The summed E-state index contributed by atoms with van der Waals surface area (Å²) in [6.07, 6.45) is 3.60. The summed E-state index contributed by atoms with van der Waals surface area (Å²) < 4.78 is 18.4. The van der Waals surface area contributed by atoms with Gasteiger partial charge >= 0.3 is 0 Å². The smallest absolute Gasteiger partial charge is 0.214 e. The average molecular weight is 210 g/mol. The van der Waals surface area contributed by atoms with E-state index in [4.69, 9.17) is 4.74 Å². The van der Waals surface area contributed by atoms with Crippen LogP contribution in [0.5, 0.6) is 0 Å². The molecule has 1 unspecified atom stereocenters. The van der Waals surface area contributed by atoms with Crippen molar-refractivity contribution < 1.29 is 9.13 Å². The third kappa shape index (κ3) is 2.65. The molecule has 1 atom stereocenters. The van der Waals surface area contributed by atoms with E-state index in [0.717, 1.165) is 25.1 Å². The van der Waals surface area contributed by atoms with Crippen molar-refractivity contribution in [2.75, 3.05) is 18.5 Å². The van der Waals surface area contributed by atoms with Gasteiger partial charge in [0.25, 0.3) is 0 Å². The van der Waals surface area contributed by atoms with Crippen LogP contribution < -0.4 is 5.32 Å². The van der Waals surface area contributed by atoms with Crippen LogP contribution in [0.15, 0.2) is 18.3 Å². The van der Waals surface area contributed by atoms with Gasteiger partial charge in [-0.25, -0.2) is 4.98 Å². The van der Waals surface area contributed by atoms with E-state index in [0.29, 0.717) is 6.54 Å². The number of rotatable bonds is 3. The Morgan fingerprint density at radius 2 is 2.53 bits per heavy atom. The molecular formula is C11H15FN2O. The predicted molar refractivity (Wildman–Crippen MR) is 56.3 cm³/mol. The standard InChI is InChI=1S/C11H15FN2O/c1-11(4-2-6-15-11)8-14-9-3-5-13-10(12)7-9/h3,5,7H,2,4,6,8H2,1H3,(H,13,14). The molecule has 1 aliphatic rings. The normalized spacial score (nSPS) is 25.5. The lowest BCUT2D eigenvalue weighted by Crippen LogP contribution is -2.32. The molecule has 1 N–H and O–H groups in total. The van der Waals surface area contributed by atoms with Gasteiger partial charge in [0.2, 0.25) is 5.95 Å². The summed E-state index contributed by atoms with van der Waals surface area (Å²) in [6.45, 7) is 3.60. The first-order valence-electron chi connectivity index (χ1n) is 5.17. The van der Waals surface area contributed by atoms with Crippen molar-refractivity contribution in [3.8, 4) is 0 Å². The molecule has 0 spiro atoms. The number of anilines is 1. The molecule has 0 aliphatic carbocycles. The van der Waals surface area contributed by atoms with Gasteiger partial charge in [0, 0.05) is 31.1 Å². The van der Waals surface area contributed by atoms with Gasteiger partial charge in [-0.3, -0.25) is 0 Å². The van der Waals surface area contributed by atoms with Crippen LogP contribution in [0.25, 0.3) is 0 Å². The number of nitrogens with zero attached hydrogens (tertiary/aromatic N) is 1.